The highest BCUT2D eigenvalue weighted by molar-refractivity contribution is 7.09. The molecule has 1 saturated heterocycles. The van der Waals surface area contributed by atoms with E-state index in [1.165, 1.54) is 24.3 Å². The molecule has 0 bridgehead atoms. The molecule has 2 fully saturated rings. The molecule has 0 radical (unpaired) electrons. The van der Waals surface area contributed by atoms with Crippen LogP contribution < -0.4 is 5.32 Å². The number of methoxy groups -OCH3 is 1. The van der Waals surface area contributed by atoms with Gasteiger partial charge in [0, 0.05) is 43.7 Å². The molecular formula is C14H22N2OS. The molecule has 0 spiro atoms. The van der Waals surface area contributed by atoms with Crippen LogP contribution in [0, 0.1) is 0 Å². The number of rotatable bonds is 6. The second-order valence-corrected chi connectivity index (χ2v) is 6.47. The third kappa shape index (κ3) is 3.12. The van der Waals surface area contributed by atoms with Gasteiger partial charge in [-0.1, -0.05) is 6.07 Å². The minimum atomic E-state index is 0.415. The maximum atomic E-state index is 5.43. The molecule has 2 atom stereocenters. The summed E-state index contributed by atoms with van der Waals surface area (Å²) in [7, 11) is 1.82. The fourth-order valence-electron chi connectivity index (χ4n) is 2.77. The first kappa shape index (κ1) is 12.6. The monoisotopic (exact) mass is 266 g/mol. The summed E-state index contributed by atoms with van der Waals surface area (Å²) in [6.45, 7) is 3.30. The van der Waals surface area contributed by atoms with Crippen molar-refractivity contribution < 1.29 is 4.74 Å². The summed E-state index contributed by atoms with van der Waals surface area (Å²) in [4.78, 5) is 4.14. The summed E-state index contributed by atoms with van der Waals surface area (Å²) in [5, 5.41) is 5.76. The minimum Gasteiger partial charge on any atom is -0.380 e. The Morgan fingerprint density at radius 3 is 3.00 bits per heavy atom. The van der Waals surface area contributed by atoms with Crippen LogP contribution in [0.5, 0.6) is 0 Å². The van der Waals surface area contributed by atoms with Gasteiger partial charge in [0.15, 0.2) is 0 Å². The van der Waals surface area contributed by atoms with Crippen LogP contribution in [0.15, 0.2) is 17.5 Å². The third-order valence-corrected chi connectivity index (χ3v) is 4.83. The number of thiophene rings is 1. The Labute approximate surface area is 113 Å². The third-order valence-electron chi connectivity index (χ3n) is 3.97. The van der Waals surface area contributed by atoms with Gasteiger partial charge >= 0.3 is 0 Å². The summed E-state index contributed by atoms with van der Waals surface area (Å²) >= 11 is 1.87. The molecular weight excluding hydrogens is 244 g/mol. The molecule has 1 aliphatic heterocycles. The fourth-order valence-corrected chi connectivity index (χ4v) is 3.50. The molecule has 3 nitrogen and oxygen atoms in total. The van der Waals surface area contributed by atoms with E-state index in [2.05, 4.69) is 27.7 Å². The van der Waals surface area contributed by atoms with Crippen LogP contribution in [0.1, 0.15) is 24.1 Å². The van der Waals surface area contributed by atoms with Crippen LogP contribution in [0.4, 0.5) is 0 Å². The molecule has 0 amide bonds. The van der Waals surface area contributed by atoms with Crippen LogP contribution in [-0.4, -0.2) is 43.3 Å². The fraction of sp³-hybridized carbons (Fsp3) is 0.714. The van der Waals surface area contributed by atoms with E-state index < -0.39 is 0 Å². The second-order valence-electron chi connectivity index (χ2n) is 5.44. The lowest BCUT2D eigenvalue weighted by atomic mass is 10.2. The van der Waals surface area contributed by atoms with E-state index in [0.717, 1.165) is 25.6 Å². The average Bonchev–Trinajstić information content (AvgIpc) is 2.92. The normalized spacial score (nSPS) is 28.1. The Morgan fingerprint density at radius 1 is 1.50 bits per heavy atom. The van der Waals surface area contributed by atoms with E-state index in [-0.39, 0.29) is 0 Å². The van der Waals surface area contributed by atoms with E-state index in [1.54, 1.807) is 0 Å². The Bertz CT molecular complexity index is 364. The Balaban J connectivity index is 1.54. The topological polar surface area (TPSA) is 24.5 Å². The molecule has 2 unspecified atom stereocenters. The van der Waals surface area contributed by atoms with Gasteiger partial charge in [-0.25, -0.2) is 0 Å². The van der Waals surface area contributed by atoms with Crippen LogP contribution >= 0.6 is 11.3 Å². The number of ether oxygens (including phenoxy) is 1. The van der Waals surface area contributed by atoms with Crippen molar-refractivity contribution >= 4 is 11.3 Å². The molecule has 3 rings (SSSR count). The van der Waals surface area contributed by atoms with Gasteiger partial charge in [-0.2, -0.15) is 0 Å². The Morgan fingerprint density at radius 2 is 2.39 bits per heavy atom. The number of hydrogen-bond donors (Lipinski definition) is 1. The first-order chi connectivity index (χ1) is 8.85. The standard InChI is InChI=1S/C14H22N2OS/c1-17-13-7-11(15-8-13)9-16(12-4-5-12)10-14-3-2-6-18-14/h2-3,6,11-13,15H,4-5,7-10H2,1H3. The van der Waals surface area contributed by atoms with Gasteiger partial charge in [0.1, 0.15) is 0 Å². The Kier molecular flexibility index (Phi) is 3.99. The second kappa shape index (κ2) is 5.70. The molecule has 2 heterocycles. The maximum Gasteiger partial charge on any atom is 0.0711 e. The molecule has 100 valence electrons. The lowest BCUT2D eigenvalue weighted by Crippen LogP contribution is -2.38. The van der Waals surface area contributed by atoms with E-state index in [0.29, 0.717) is 12.1 Å². The minimum absolute atomic E-state index is 0.415. The average molecular weight is 266 g/mol. The summed E-state index contributed by atoms with van der Waals surface area (Å²) in [5.41, 5.74) is 0. The Hall–Kier alpha value is -0.420. The SMILES string of the molecule is COC1CNC(CN(Cc2cccs2)C2CC2)C1. The summed E-state index contributed by atoms with van der Waals surface area (Å²) < 4.78 is 5.43. The van der Waals surface area contributed by atoms with Crippen LogP contribution in [0.3, 0.4) is 0 Å². The van der Waals surface area contributed by atoms with Crippen molar-refractivity contribution in [1.29, 1.82) is 0 Å². The van der Waals surface area contributed by atoms with Crippen molar-refractivity contribution in [1.82, 2.24) is 10.2 Å². The molecule has 1 N–H and O–H groups in total. The van der Waals surface area contributed by atoms with Crippen molar-refractivity contribution in [2.75, 3.05) is 20.2 Å². The van der Waals surface area contributed by atoms with Gasteiger partial charge in [0.25, 0.3) is 0 Å². The summed E-state index contributed by atoms with van der Waals surface area (Å²) in [6.07, 6.45) is 4.33. The van der Waals surface area contributed by atoms with Crippen molar-refractivity contribution in [3.8, 4) is 0 Å². The van der Waals surface area contributed by atoms with Gasteiger partial charge in [0.05, 0.1) is 6.10 Å². The lowest BCUT2D eigenvalue weighted by molar-refractivity contribution is 0.115. The maximum absolute atomic E-state index is 5.43. The van der Waals surface area contributed by atoms with E-state index in [4.69, 9.17) is 4.74 Å². The zero-order valence-corrected chi connectivity index (χ0v) is 11.8. The summed E-state index contributed by atoms with van der Waals surface area (Å²) in [5.74, 6) is 0. The smallest absolute Gasteiger partial charge is 0.0711 e. The number of nitrogens with zero attached hydrogens (tertiary/aromatic N) is 1. The first-order valence-corrected chi connectivity index (χ1v) is 7.75. The van der Waals surface area contributed by atoms with Gasteiger partial charge in [-0.05, 0) is 30.7 Å². The highest BCUT2D eigenvalue weighted by Gasteiger charge is 2.33. The quantitative estimate of drug-likeness (QED) is 0.853. The van der Waals surface area contributed by atoms with E-state index in [9.17, 15) is 0 Å². The van der Waals surface area contributed by atoms with Crippen molar-refractivity contribution in [2.45, 2.75) is 44.0 Å². The highest BCUT2D eigenvalue weighted by atomic mass is 32.1. The van der Waals surface area contributed by atoms with E-state index >= 15 is 0 Å². The molecule has 4 heteroatoms. The van der Waals surface area contributed by atoms with Crippen LogP contribution in [0.2, 0.25) is 0 Å². The van der Waals surface area contributed by atoms with Crippen LogP contribution in [-0.2, 0) is 11.3 Å². The van der Waals surface area contributed by atoms with Gasteiger partial charge in [-0.15, -0.1) is 11.3 Å². The van der Waals surface area contributed by atoms with E-state index in [1.807, 2.05) is 18.4 Å². The molecule has 1 aliphatic carbocycles. The molecule has 2 aliphatic rings. The molecule has 1 aromatic rings. The molecule has 0 aromatic carbocycles. The number of nitrogens with one attached hydrogen (secondary N) is 1. The molecule has 18 heavy (non-hydrogen) atoms. The van der Waals surface area contributed by atoms with Crippen molar-refractivity contribution in [3.05, 3.63) is 22.4 Å². The van der Waals surface area contributed by atoms with Crippen molar-refractivity contribution in [3.63, 3.8) is 0 Å². The largest absolute Gasteiger partial charge is 0.380 e. The first-order valence-electron chi connectivity index (χ1n) is 6.88. The highest BCUT2D eigenvalue weighted by Crippen LogP contribution is 2.30. The van der Waals surface area contributed by atoms with Gasteiger partial charge < -0.3 is 10.1 Å². The predicted molar refractivity (Wildman–Crippen MR) is 75.0 cm³/mol. The molecule has 1 aromatic heterocycles. The van der Waals surface area contributed by atoms with Gasteiger partial charge in [0.2, 0.25) is 0 Å². The molecule has 1 saturated carbocycles. The van der Waals surface area contributed by atoms with Crippen molar-refractivity contribution in [2.24, 2.45) is 0 Å². The number of hydrogen-bond acceptors (Lipinski definition) is 4. The zero-order valence-electron chi connectivity index (χ0n) is 11.0. The zero-order chi connectivity index (χ0) is 12.4. The lowest BCUT2D eigenvalue weighted by Gasteiger charge is -2.25. The summed E-state index contributed by atoms with van der Waals surface area (Å²) in [6, 6.07) is 5.84. The van der Waals surface area contributed by atoms with Gasteiger partial charge in [-0.3, -0.25) is 4.90 Å². The van der Waals surface area contributed by atoms with Crippen LogP contribution in [0.25, 0.3) is 0 Å². The predicted octanol–water partition coefficient (Wildman–Crippen LogP) is 2.09.